The summed E-state index contributed by atoms with van der Waals surface area (Å²) in [6, 6.07) is 6.71. The second-order valence-electron chi connectivity index (χ2n) is 8.28. The topological polar surface area (TPSA) is 133 Å². The van der Waals surface area contributed by atoms with Crippen LogP contribution in [0.3, 0.4) is 0 Å². The van der Waals surface area contributed by atoms with Crippen LogP contribution in [0.5, 0.6) is 0 Å². The third-order valence-electron chi connectivity index (χ3n) is 6.20. The van der Waals surface area contributed by atoms with E-state index in [-0.39, 0.29) is 10.8 Å². The van der Waals surface area contributed by atoms with E-state index in [0.717, 1.165) is 31.6 Å². The molecule has 0 bridgehead atoms. The molecule has 11 nitrogen and oxygen atoms in total. The Bertz CT molecular complexity index is 1310. The van der Waals surface area contributed by atoms with Crippen LogP contribution in [0.15, 0.2) is 35.5 Å². The standard InChI is InChI=1S/C22H27N7O4S/c1-23-34(31,32)15-4-5-19(28-8-10-33-11-9-28)17(12-15)26-20-16-13-18(27-21(16)25-14-24-20)22(30)29-6-2-3-7-29/h4-5,12-14,23H,2-3,6-11H2,1H3,(H2,24,25,26,27). The minimum Gasteiger partial charge on any atom is -0.378 e. The van der Waals surface area contributed by atoms with Crippen molar-refractivity contribution in [1.82, 2.24) is 24.6 Å². The molecule has 1 amide bonds. The summed E-state index contributed by atoms with van der Waals surface area (Å²) in [6.07, 6.45) is 3.43. The number of carbonyl (C=O) groups excluding carboxylic acids is 1. The van der Waals surface area contributed by atoms with Crippen LogP contribution in [0.25, 0.3) is 11.0 Å². The number of nitrogens with one attached hydrogen (secondary N) is 3. The Hall–Kier alpha value is -3.22. The van der Waals surface area contributed by atoms with Gasteiger partial charge in [0.2, 0.25) is 10.0 Å². The molecule has 12 heteroatoms. The number of H-pyrrole nitrogens is 1. The fourth-order valence-corrected chi connectivity index (χ4v) is 5.11. The van der Waals surface area contributed by atoms with Gasteiger partial charge in [0.15, 0.2) is 0 Å². The molecule has 0 unspecified atom stereocenters. The number of hydrogen-bond acceptors (Lipinski definition) is 8. The summed E-state index contributed by atoms with van der Waals surface area (Å²) in [5.41, 5.74) is 2.42. The number of nitrogens with zero attached hydrogens (tertiary/aromatic N) is 4. The van der Waals surface area contributed by atoms with Gasteiger partial charge in [-0.1, -0.05) is 0 Å². The molecule has 3 N–H and O–H groups in total. The van der Waals surface area contributed by atoms with Gasteiger partial charge >= 0.3 is 0 Å². The molecule has 0 radical (unpaired) electrons. The Balaban J connectivity index is 1.54. The van der Waals surface area contributed by atoms with Crippen LogP contribution in [-0.2, 0) is 14.8 Å². The van der Waals surface area contributed by atoms with E-state index in [1.807, 2.05) is 4.90 Å². The summed E-state index contributed by atoms with van der Waals surface area (Å²) in [6.45, 7) is 4.05. The highest BCUT2D eigenvalue weighted by Gasteiger charge is 2.23. The maximum Gasteiger partial charge on any atom is 0.270 e. The number of carbonyl (C=O) groups is 1. The van der Waals surface area contributed by atoms with Crippen LogP contribution in [-0.4, -0.2) is 80.6 Å². The maximum absolute atomic E-state index is 12.9. The predicted octanol–water partition coefficient (Wildman–Crippen LogP) is 1.68. The average molecular weight is 486 g/mol. The Labute approximate surface area is 197 Å². The Morgan fingerprint density at radius 3 is 2.59 bits per heavy atom. The summed E-state index contributed by atoms with van der Waals surface area (Å²) in [5, 5.41) is 3.95. The number of anilines is 3. The number of hydrogen-bond donors (Lipinski definition) is 3. The molecule has 2 saturated heterocycles. The minimum absolute atomic E-state index is 0.0578. The van der Waals surface area contributed by atoms with Crippen LogP contribution >= 0.6 is 0 Å². The van der Waals surface area contributed by atoms with Crippen molar-refractivity contribution in [2.75, 3.05) is 56.7 Å². The second kappa shape index (κ2) is 9.20. The average Bonchev–Trinajstić information content (AvgIpc) is 3.55. The molecule has 2 aliphatic rings. The molecule has 0 spiro atoms. The van der Waals surface area contributed by atoms with E-state index in [9.17, 15) is 13.2 Å². The van der Waals surface area contributed by atoms with Crippen LogP contribution < -0.4 is 14.9 Å². The summed E-state index contributed by atoms with van der Waals surface area (Å²) >= 11 is 0. The van der Waals surface area contributed by atoms with Crippen LogP contribution in [0.2, 0.25) is 0 Å². The summed E-state index contributed by atoms with van der Waals surface area (Å²) in [7, 11) is -2.26. The van der Waals surface area contributed by atoms with Crippen molar-refractivity contribution >= 4 is 44.2 Å². The summed E-state index contributed by atoms with van der Waals surface area (Å²) < 4.78 is 32.8. The van der Waals surface area contributed by atoms with Gasteiger partial charge in [0.05, 0.1) is 34.9 Å². The fraction of sp³-hybridized carbons (Fsp3) is 0.409. The van der Waals surface area contributed by atoms with Crippen molar-refractivity contribution in [3.05, 3.63) is 36.3 Å². The van der Waals surface area contributed by atoms with Gasteiger partial charge in [-0.25, -0.2) is 23.1 Å². The molecule has 0 atom stereocenters. The highest BCUT2D eigenvalue weighted by atomic mass is 32.2. The number of fused-ring (bicyclic) bond motifs is 1. The molecule has 2 fully saturated rings. The van der Waals surface area contributed by atoms with Crippen LogP contribution in [0.1, 0.15) is 23.3 Å². The molecular weight excluding hydrogens is 458 g/mol. The molecule has 0 saturated carbocycles. The van der Waals surface area contributed by atoms with Crippen molar-refractivity contribution in [3.63, 3.8) is 0 Å². The SMILES string of the molecule is CNS(=O)(=O)c1ccc(N2CCOCC2)c(Nc2ncnc3[nH]c(C(=O)N4CCCC4)cc23)c1. The number of aromatic nitrogens is 3. The molecule has 4 heterocycles. The van der Waals surface area contributed by atoms with Gasteiger partial charge < -0.3 is 24.8 Å². The quantitative estimate of drug-likeness (QED) is 0.480. The molecule has 3 aromatic rings. The van der Waals surface area contributed by atoms with E-state index in [0.29, 0.717) is 54.5 Å². The monoisotopic (exact) mass is 485 g/mol. The number of ether oxygens (including phenoxy) is 1. The van der Waals surface area contributed by atoms with Crippen LogP contribution in [0.4, 0.5) is 17.2 Å². The normalized spacial score (nSPS) is 16.9. The molecule has 2 aromatic heterocycles. The van der Waals surface area contributed by atoms with E-state index < -0.39 is 10.0 Å². The van der Waals surface area contributed by atoms with Crippen molar-refractivity contribution in [2.24, 2.45) is 0 Å². The van der Waals surface area contributed by atoms with E-state index >= 15 is 0 Å². The van der Waals surface area contributed by atoms with Gasteiger partial charge in [0.25, 0.3) is 5.91 Å². The van der Waals surface area contributed by atoms with E-state index in [2.05, 4.69) is 29.9 Å². The highest BCUT2D eigenvalue weighted by molar-refractivity contribution is 7.89. The number of benzene rings is 1. The van der Waals surface area contributed by atoms with Crippen molar-refractivity contribution in [3.8, 4) is 0 Å². The number of rotatable bonds is 6. The van der Waals surface area contributed by atoms with Gasteiger partial charge in [-0.2, -0.15) is 0 Å². The number of likely N-dealkylation sites (tertiary alicyclic amines) is 1. The number of amides is 1. The second-order valence-corrected chi connectivity index (χ2v) is 10.2. The Morgan fingerprint density at radius 1 is 1.09 bits per heavy atom. The molecule has 34 heavy (non-hydrogen) atoms. The lowest BCUT2D eigenvalue weighted by atomic mass is 10.2. The molecule has 5 rings (SSSR count). The lowest BCUT2D eigenvalue weighted by molar-refractivity contribution is 0.0788. The first-order chi connectivity index (χ1) is 16.5. The van der Waals surface area contributed by atoms with Gasteiger partial charge in [-0.3, -0.25) is 4.79 Å². The van der Waals surface area contributed by atoms with Crippen molar-refractivity contribution in [1.29, 1.82) is 0 Å². The van der Waals surface area contributed by atoms with E-state index in [1.165, 1.54) is 13.4 Å². The first-order valence-electron chi connectivity index (χ1n) is 11.3. The van der Waals surface area contributed by atoms with E-state index in [4.69, 9.17) is 4.74 Å². The molecule has 1 aromatic carbocycles. The Kier molecular flexibility index (Phi) is 6.11. The number of morpholine rings is 1. The zero-order valence-electron chi connectivity index (χ0n) is 18.9. The third kappa shape index (κ3) is 4.31. The van der Waals surface area contributed by atoms with Gasteiger partial charge in [-0.15, -0.1) is 0 Å². The summed E-state index contributed by atoms with van der Waals surface area (Å²) in [4.78, 5) is 28.8. The lowest BCUT2D eigenvalue weighted by Crippen LogP contribution is -2.36. The minimum atomic E-state index is -3.64. The predicted molar refractivity (Wildman–Crippen MR) is 128 cm³/mol. The van der Waals surface area contributed by atoms with Gasteiger partial charge in [0.1, 0.15) is 23.5 Å². The molecule has 2 aliphatic heterocycles. The zero-order valence-corrected chi connectivity index (χ0v) is 19.7. The van der Waals surface area contributed by atoms with E-state index in [1.54, 1.807) is 24.3 Å². The molecule has 0 aliphatic carbocycles. The maximum atomic E-state index is 12.9. The number of sulfonamides is 1. The third-order valence-corrected chi connectivity index (χ3v) is 7.61. The number of aromatic amines is 1. The van der Waals surface area contributed by atoms with Crippen molar-refractivity contribution < 1.29 is 17.9 Å². The largest absolute Gasteiger partial charge is 0.378 e. The molecule has 180 valence electrons. The summed E-state index contributed by atoms with van der Waals surface area (Å²) in [5.74, 6) is 0.424. The zero-order chi connectivity index (χ0) is 23.7. The highest BCUT2D eigenvalue weighted by Crippen LogP contribution is 2.33. The lowest BCUT2D eigenvalue weighted by Gasteiger charge is -2.31. The smallest absolute Gasteiger partial charge is 0.270 e. The van der Waals surface area contributed by atoms with Crippen molar-refractivity contribution in [2.45, 2.75) is 17.7 Å². The molecular formula is C22H27N7O4S. The van der Waals surface area contributed by atoms with Gasteiger partial charge in [0, 0.05) is 26.2 Å². The first kappa shape index (κ1) is 22.6. The van der Waals surface area contributed by atoms with Crippen LogP contribution in [0, 0.1) is 0 Å². The fourth-order valence-electron chi connectivity index (χ4n) is 4.35. The first-order valence-corrected chi connectivity index (χ1v) is 12.7. The Morgan fingerprint density at radius 2 is 1.85 bits per heavy atom. The van der Waals surface area contributed by atoms with Gasteiger partial charge in [-0.05, 0) is 44.2 Å².